The molecule has 0 spiro atoms. The van der Waals surface area contributed by atoms with Gasteiger partial charge in [-0.2, -0.15) is 0 Å². The molecular weight excluding hydrogens is 362 g/mol. The van der Waals surface area contributed by atoms with Gasteiger partial charge in [0.05, 0.1) is 26.7 Å². The molecule has 2 nitrogen and oxygen atoms in total. The lowest BCUT2D eigenvalue weighted by Crippen LogP contribution is -3.00. The van der Waals surface area contributed by atoms with Gasteiger partial charge in [0.2, 0.25) is 0 Å². The lowest BCUT2D eigenvalue weighted by atomic mass is 9.82. The van der Waals surface area contributed by atoms with Crippen molar-refractivity contribution in [3.63, 3.8) is 0 Å². The Hall–Kier alpha value is -1.32. The highest BCUT2D eigenvalue weighted by molar-refractivity contribution is 5.41. The van der Waals surface area contributed by atoms with Crippen molar-refractivity contribution in [2.45, 2.75) is 37.6 Å². The number of halogens is 1. The summed E-state index contributed by atoms with van der Waals surface area (Å²) in [6, 6.07) is 19.1. The molecule has 3 rings (SSSR count). The van der Waals surface area contributed by atoms with Crippen molar-refractivity contribution in [2.75, 3.05) is 20.6 Å². The molecule has 0 bridgehead atoms. The number of hydrogen-bond acceptors (Lipinski definition) is 1. The van der Waals surface area contributed by atoms with Crippen molar-refractivity contribution in [3.05, 3.63) is 65.7 Å². The molecule has 0 aromatic heterocycles. The molecular formula is C21H28BrNO. The van der Waals surface area contributed by atoms with Crippen LogP contribution in [0.1, 0.15) is 42.7 Å². The second-order valence-electron chi connectivity index (χ2n) is 7.41. The zero-order valence-electron chi connectivity index (χ0n) is 14.7. The summed E-state index contributed by atoms with van der Waals surface area (Å²) in [5, 5.41) is 10.4. The number of aromatic hydroxyl groups is 1. The topological polar surface area (TPSA) is 20.2 Å². The second kappa shape index (κ2) is 8.17. The zero-order chi connectivity index (χ0) is 16.3. The van der Waals surface area contributed by atoms with E-state index in [-0.39, 0.29) is 22.9 Å². The summed E-state index contributed by atoms with van der Waals surface area (Å²) in [7, 11) is 4.72. The Labute approximate surface area is 156 Å². The number of piperidine rings is 1. The molecule has 1 N–H and O–H groups in total. The van der Waals surface area contributed by atoms with Crippen LogP contribution in [0.3, 0.4) is 0 Å². The summed E-state index contributed by atoms with van der Waals surface area (Å²) in [5.41, 5.74) is 2.36. The van der Waals surface area contributed by atoms with Crippen LogP contribution >= 0.6 is 0 Å². The third-order valence-corrected chi connectivity index (χ3v) is 5.53. The average Bonchev–Trinajstić information content (AvgIpc) is 2.55. The Morgan fingerprint density at radius 2 is 1.67 bits per heavy atom. The first-order valence-corrected chi connectivity index (χ1v) is 8.73. The van der Waals surface area contributed by atoms with Crippen LogP contribution in [0.5, 0.6) is 5.75 Å². The van der Waals surface area contributed by atoms with Crippen LogP contribution in [0.15, 0.2) is 54.6 Å². The lowest BCUT2D eigenvalue weighted by molar-refractivity contribution is -0.920. The van der Waals surface area contributed by atoms with Crippen LogP contribution in [0.25, 0.3) is 0 Å². The Bertz CT molecular complexity index is 641. The van der Waals surface area contributed by atoms with Gasteiger partial charge in [0.1, 0.15) is 5.75 Å². The number of quaternary nitrogens is 1. The molecule has 130 valence electrons. The minimum Gasteiger partial charge on any atom is -1.00 e. The van der Waals surface area contributed by atoms with E-state index in [0.717, 1.165) is 16.5 Å². The van der Waals surface area contributed by atoms with Crippen LogP contribution < -0.4 is 17.0 Å². The smallest absolute Gasteiger partial charge is 0.119 e. The normalized spacial score (nSPS) is 20.8. The average molecular weight is 390 g/mol. The molecule has 2 aromatic carbocycles. The molecule has 2 atom stereocenters. The van der Waals surface area contributed by atoms with Crippen LogP contribution in [0.2, 0.25) is 0 Å². The van der Waals surface area contributed by atoms with Crippen LogP contribution in [0.4, 0.5) is 0 Å². The molecule has 1 saturated heterocycles. The minimum absolute atomic E-state index is 0. The molecule has 2 aromatic rings. The van der Waals surface area contributed by atoms with Gasteiger partial charge in [-0.1, -0.05) is 48.5 Å². The molecule has 0 aliphatic carbocycles. The van der Waals surface area contributed by atoms with Crippen molar-refractivity contribution >= 4 is 0 Å². The highest BCUT2D eigenvalue weighted by Gasteiger charge is 2.34. The van der Waals surface area contributed by atoms with E-state index in [1.807, 2.05) is 18.2 Å². The third kappa shape index (κ3) is 4.20. The Kier molecular flexibility index (Phi) is 6.47. The number of rotatable bonds is 4. The molecule has 1 aliphatic heterocycles. The molecule has 0 radical (unpaired) electrons. The molecule has 0 saturated carbocycles. The maximum absolute atomic E-state index is 10.4. The highest BCUT2D eigenvalue weighted by atomic mass is 79.9. The van der Waals surface area contributed by atoms with Crippen molar-refractivity contribution in [1.82, 2.24) is 0 Å². The minimum atomic E-state index is 0. The van der Waals surface area contributed by atoms with Gasteiger partial charge in [0, 0.05) is 17.9 Å². The van der Waals surface area contributed by atoms with Gasteiger partial charge in [-0.05, 0) is 30.9 Å². The number of hydrogen-bond donors (Lipinski definition) is 1. The maximum atomic E-state index is 10.4. The summed E-state index contributed by atoms with van der Waals surface area (Å²) < 4.78 is 1.09. The van der Waals surface area contributed by atoms with Gasteiger partial charge in [-0.15, -0.1) is 0 Å². The number of phenols is 1. The van der Waals surface area contributed by atoms with Gasteiger partial charge < -0.3 is 26.6 Å². The number of likely N-dealkylation sites (tertiary alicyclic amines) is 1. The summed E-state index contributed by atoms with van der Waals surface area (Å²) in [4.78, 5) is 0. The van der Waals surface area contributed by atoms with E-state index in [0.29, 0.717) is 11.8 Å². The maximum Gasteiger partial charge on any atom is 0.119 e. The molecule has 1 fully saturated rings. The fourth-order valence-corrected chi connectivity index (χ4v) is 4.02. The first kappa shape index (κ1) is 19.0. The van der Waals surface area contributed by atoms with E-state index in [1.54, 1.807) is 0 Å². The van der Waals surface area contributed by atoms with Crippen LogP contribution in [-0.4, -0.2) is 36.3 Å². The number of para-hydroxylation sites is 1. The van der Waals surface area contributed by atoms with Crippen molar-refractivity contribution in [1.29, 1.82) is 0 Å². The SMILES string of the molecule is C[N+]1(C)CCCCC1CC(c1ccccc1)c1ccccc1O.[Br-]. The zero-order valence-corrected chi connectivity index (χ0v) is 16.2. The summed E-state index contributed by atoms with van der Waals surface area (Å²) in [6.07, 6.45) is 5.03. The van der Waals surface area contributed by atoms with Gasteiger partial charge in [-0.25, -0.2) is 0 Å². The fraction of sp³-hybridized carbons (Fsp3) is 0.429. The summed E-state index contributed by atoms with van der Waals surface area (Å²) in [6.45, 7) is 1.26. The van der Waals surface area contributed by atoms with Crippen molar-refractivity contribution in [3.8, 4) is 5.75 Å². The summed E-state index contributed by atoms with van der Waals surface area (Å²) >= 11 is 0. The molecule has 1 aliphatic rings. The van der Waals surface area contributed by atoms with Gasteiger partial charge in [-0.3, -0.25) is 0 Å². The first-order valence-electron chi connectivity index (χ1n) is 8.73. The molecule has 24 heavy (non-hydrogen) atoms. The molecule has 0 amide bonds. The Balaban J connectivity index is 0.00000208. The van der Waals surface area contributed by atoms with Crippen molar-refractivity contribution in [2.24, 2.45) is 0 Å². The van der Waals surface area contributed by atoms with E-state index in [9.17, 15) is 5.11 Å². The van der Waals surface area contributed by atoms with Crippen LogP contribution in [-0.2, 0) is 0 Å². The number of benzene rings is 2. The fourth-order valence-electron chi connectivity index (χ4n) is 4.02. The van der Waals surface area contributed by atoms with E-state index >= 15 is 0 Å². The van der Waals surface area contributed by atoms with Gasteiger partial charge in [0.25, 0.3) is 0 Å². The molecule has 2 unspecified atom stereocenters. The predicted molar refractivity (Wildman–Crippen MR) is 95.6 cm³/mol. The van der Waals surface area contributed by atoms with Gasteiger partial charge >= 0.3 is 0 Å². The van der Waals surface area contributed by atoms with Crippen molar-refractivity contribution < 1.29 is 26.6 Å². The third-order valence-electron chi connectivity index (χ3n) is 5.53. The van der Waals surface area contributed by atoms with Gasteiger partial charge in [0.15, 0.2) is 0 Å². The lowest BCUT2D eigenvalue weighted by Gasteiger charge is -2.43. The molecule has 3 heteroatoms. The standard InChI is InChI=1S/C21H27NO.BrH/c1-22(2)15-9-8-12-18(22)16-20(17-10-4-3-5-11-17)19-13-6-7-14-21(19)23;/h3-7,10-11,13-14,18,20H,8-9,12,15-16H2,1-2H3;1H. The van der Waals surface area contributed by atoms with E-state index in [4.69, 9.17) is 0 Å². The summed E-state index contributed by atoms with van der Waals surface area (Å²) in [5.74, 6) is 0.681. The predicted octanol–water partition coefficient (Wildman–Crippen LogP) is 1.55. The molecule has 1 heterocycles. The highest BCUT2D eigenvalue weighted by Crippen LogP contribution is 2.38. The van der Waals surface area contributed by atoms with Crippen LogP contribution in [0, 0.1) is 0 Å². The quantitative estimate of drug-likeness (QED) is 0.786. The second-order valence-corrected chi connectivity index (χ2v) is 7.41. The van der Waals surface area contributed by atoms with E-state index in [2.05, 4.69) is 50.5 Å². The number of nitrogens with zero attached hydrogens (tertiary/aromatic N) is 1. The Morgan fingerprint density at radius 1 is 1.00 bits per heavy atom. The first-order chi connectivity index (χ1) is 11.1. The van der Waals surface area contributed by atoms with E-state index in [1.165, 1.54) is 31.4 Å². The Morgan fingerprint density at radius 3 is 2.33 bits per heavy atom. The van der Waals surface area contributed by atoms with E-state index < -0.39 is 0 Å². The monoisotopic (exact) mass is 389 g/mol. The largest absolute Gasteiger partial charge is 1.00 e. The number of phenolic OH excluding ortho intramolecular Hbond substituents is 1.